The van der Waals surface area contributed by atoms with Gasteiger partial charge in [-0.2, -0.15) is 10.2 Å². The van der Waals surface area contributed by atoms with Crippen LogP contribution in [-0.2, 0) is 36.8 Å². The number of carbonyl (C=O) groups excluding carboxylic acids is 2. The summed E-state index contributed by atoms with van der Waals surface area (Å²) < 4.78 is 3.43. The Labute approximate surface area is 133 Å². The van der Waals surface area contributed by atoms with Crippen molar-refractivity contribution in [1.29, 1.82) is 0 Å². The van der Waals surface area contributed by atoms with Gasteiger partial charge < -0.3 is 10.6 Å². The molecule has 3 rings (SSSR count). The maximum atomic E-state index is 12.1. The van der Waals surface area contributed by atoms with Crippen LogP contribution in [0.5, 0.6) is 0 Å². The van der Waals surface area contributed by atoms with Crippen molar-refractivity contribution >= 4 is 11.8 Å². The van der Waals surface area contributed by atoms with Gasteiger partial charge in [-0.15, -0.1) is 0 Å². The lowest BCUT2D eigenvalue weighted by atomic mass is 10.2. The van der Waals surface area contributed by atoms with Crippen molar-refractivity contribution in [1.82, 2.24) is 30.2 Å². The van der Waals surface area contributed by atoms with Gasteiger partial charge in [0.2, 0.25) is 11.8 Å². The molecule has 1 aliphatic rings. The van der Waals surface area contributed by atoms with E-state index < -0.39 is 0 Å². The molecule has 2 N–H and O–H groups in total. The van der Waals surface area contributed by atoms with Gasteiger partial charge in [0.05, 0.1) is 36.3 Å². The Bertz CT molecular complexity index is 659. The quantitative estimate of drug-likeness (QED) is 0.766. The van der Waals surface area contributed by atoms with E-state index in [1.54, 1.807) is 21.8 Å². The van der Waals surface area contributed by atoms with Gasteiger partial charge in [0.15, 0.2) is 0 Å². The Morgan fingerprint density at radius 1 is 1.00 bits per heavy atom. The van der Waals surface area contributed by atoms with Gasteiger partial charge in [-0.3, -0.25) is 19.0 Å². The molecule has 1 aliphatic carbocycles. The molecule has 23 heavy (non-hydrogen) atoms. The van der Waals surface area contributed by atoms with Crippen molar-refractivity contribution in [3.05, 3.63) is 35.9 Å². The normalized spacial score (nSPS) is 19.4. The van der Waals surface area contributed by atoms with Crippen molar-refractivity contribution < 1.29 is 9.59 Å². The van der Waals surface area contributed by atoms with Gasteiger partial charge in [0.25, 0.3) is 0 Å². The zero-order chi connectivity index (χ0) is 16.4. The Kier molecular flexibility index (Phi) is 4.14. The van der Waals surface area contributed by atoms with E-state index >= 15 is 0 Å². The average molecular weight is 316 g/mol. The fourth-order valence-electron chi connectivity index (χ4n) is 2.54. The maximum Gasteiger partial charge on any atom is 0.224 e. The van der Waals surface area contributed by atoms with Crippen LogP contribution in [-0.4, -0.2) is 31.4 Å². The van der Waals surface area contributed by atoms with E-state index in [9.17, 15) is 9.59 Å². The molecule has 0 aromatic carbocycles. The zero-order valence-corrected chi connectivity index (χ0v) is 13.2. The van der Waals surface area contributed by atoms with Crippen molar-refractivity contribution in [2.45, 2.75) is 19.5 Å². The largest absolute Gasteiger partial charge is 0.350 e. The first kappa shape index (κ1) is 15.3. The van der Waals surface area contributed by atoms with E-state index in [2.05, 4.69) is 20.8 Å². The summed E-state index contributed by atoms with van der Waals surface area (Å²) in [4.78, 5) is 24.2. The fourth-order valence-corrected chi connectivity index (χ4v) is 2.54. The molecule has 0 radical (unpaired) electrons. The van der Waals surface area contributed by atoms with Gasteiger partial charge in [-0.25, -0.2) is 0 Å². The second-order valence-electron chi connectivity index (χ2n) is 5.78. The molecular formula is C15H20N6O2. The lowest BCUT2D eigenvalue weighted by Gasteiger charge is -2.06. The highest BCUT2D eigenvalue weighted by atomic mass is 16.2. The molecule has 2 heterocycles. The number of hydrogen-bond acceptors (Lipinski definition) is 4. The summed E-state index contributed by atoms with van der Waals surface area (Å²) in [7, 11) is 3.65. The predicted octanol–water partition coefficient (Wildman–Crippen LogP) is -0.278. The first-order chi connectivity index (χ1) is 11.1. The van der Waals surface area contributed by atoms with Crippen LogP contribution in [0.3, 0.4) is 0 Å². The molecule has 2 aromatic rings. The molecule has 8 heteroatoms. The molecular weight excluding hydrogens is 296 g/mol. The van der Waals surface area contributed by atoms with E-state index in [1.165, 1.54) is 0 Å². The topological polar surface area (TPSA) is 93.8 Å². The third kappa shape index (κ3) is 3.41. The van der Waals surface area contributed by atoms with Gasteiger partial charge in [-0.1, -0.05) is 0 Å². The first-order valence-electron chi connectivity index (χ1n) is 7.55. The number of rotatable bonds is 6. The maximum absolute atomic E-state index is 12.1. The average Bonchev–Trinajstić information content (AvgIpc) is 3.08. The summed E-state index contributed by atoms with van der Waals surface area (Å²) in [6.45, 7) is 0.852. The van der Waals surface area contributed by atoms with Crippen molar-refractivity contribution in [2.24, 2.45) is 25.9 Å². The second-order valence-corrected chi connectivity index (χ2v) is 5.78. The number of hydrogen-bond donors (Lipinski definition) is 2. The van der Waals surface area contributed by atoms with Gasteiger partial charge in [-0.05, 0) is 18.6 Å². The van der Waals surface area contributed by atoms with Crippen LogP contribution in [0, 0.1) is 11.8 Å². The van der Waals surface area contributed by atoms with Crippen LogP contribution in [0.15, 0.2) is 24.5 Å². The van der Waals surface area contributed by atoms with Crippen LogP contribution in [0.1, 0.15) is 17.8 Å². The van der Waals surface area contributed by atoms with Crippen LogP contribution in [0.4, 0.5) is 0 Å². The smallest absolute Gasteiger partial charge is 0.224 e. The molecule has 2 atom stereocenters. The molecule has 0 unspecified atom stereocenters. The predicted molar refractivity (Wildman–Crippen MR) is 81.7 cm³/mol. The molecule has 1 fully saturated rings. The summed E-state index contributed by atoms with van der Waals surface area (Å²) in [6, 6.07) is 3.70. The monoisotopic (exact) mass is 316 g/mol. The summed E-state index contributed by atoms with van der Waals surface area (Å²) in [5.74, 6) is -0.608. The number of aromatic nitrogens is 4. The van der Waals surface area contributed by atoms with Gasteiger partial charge >= 0.3 is 0 Å². The van der Waals surface area contributed by atoms with E-state index in [-0.39, 0.29) is 23.7 Å². The number of amides is 2. The van der Waals surface area contributed by atoms with E-state index in [0.29, 0.717) is 19.5 Å². The highest BCUT2D eigenvalue weighted by Crippen LogP contribution is 2.38. The Balaban J connectivity index is 1.43. The van der Waals surface area contributed by atoms with Crippen LogP contribution < -0.4 is 10.6 Å². The number of aryl methyl sites for hydroxylation is 2. The van der Waals surface area contributed by atoms with Gasteiger partial charge in [0, 0.05) is 26.5 Å². The van der Waals surface area contributed by atoms with Gasteiger partial charge in [0.1, 0.15) is 0 Å². The van der Waals surface area contributed by atoms with Crippen molar-refractivity contribution in [3.8, 4) is 0 Å². The standard InChI is InChI=1S/C15H20N6O2/c1-20-10(3-5-18-20)8-16-14(22)12-7-13(12)15(23)17-9-11-4-6-19-21(11)2/h3-6,12-13H,7-9H2,1-2H3,(H,16,22)(H,17,23)/t12-,13-/m1/s1. The molecule has 2 amide bonds. The van der Waals surface area contributed by atoms with Crippen molar-refractivity contribution in [3.63, 3.8) is 0 Å². The van der Waals surface area contributed by atoms with E-state index in [4.69, 9.17) is 0 Å². The first-order valence-corrected chi connectivity index (χ1v) is 7.55. The molecule has 8 nitrogen and oxygen atoms in total. The highest BCUT2D eigenvalue weighted by molar-refractivity contribution is 5.92. The Morgan fingerprint density at radius 2 is 1.43 bits per heavy atom. The summed E-state index contributed by atoms with van der Waals surface area (Å²) >= 11 is 0. The zero-order valence-electron chi connectivity index (χ0n) is 13.2. The third-order valence-corrected chi connectivity index (χ3v) is 4.20. The Morgan fingerprint density at radius 3 is 1.78 bits per heavy atom. The summed E-state index contributed by atoms with van der Waals surface area (Å²) in [6.07, 6.45) is 3.98. The number of nitrogens with one attached hydrogen (secondary N) is 2. The van der Waals surface area contributed by atoms with Crippen LogP contribution >= 0.6 is 0 Å². The lowest BCUT2D eigenvalue weighted by Crippen LogP contribution is -2.30. The molecule has 1 saturated carbocycles. The second kappa shape index (κ2) is 6.23. The summed E-state index contributed by atoms with van der Waals surface area (Å²) in [5, 5.41) is 13.8. The molecule has 2 aromatic heterocycles. The molecule has 0 aliphatic heterocycles. The van der Waals surface area contributed by atoms with Crippen LogP contribution in [0.25, 0.3) is 0 Å². The van der Waals surface area contributed by atoms with E-state index in [0.717, 1.165) is 11.4 Å². The van der Waals surface area contributed by atoms with Crippen LogP contribution in [0.2, 0.25) is 0 Å². The lowest BCUT2D eigenvalue weighted by molar-refractivity contribution is -0.127. The minimum Gasteiger partial charge on any atom is -0.350 e. The minimum atomic E-state index is -0.227. The molecule has 0 bridgehead atoms. The Hall–Kier alpha value is -2.64. The molecule has 0 spiro atoms. The molecule has 122 valence electrons. The third-order valence-electron chi connectivity index (χ3n) is 4.20. The SMILES string of the molecule is Cn1nccc1CNC(=O)[C@@H]1C[C@H]1C(=O)NCc1ccnn1C. The van der Waals surface area contributed by atoms with Crippen molar-refractivity contribution in [2.75, 3.05) is 0 Å². The fraction of sp³-hybridized carbons (Fsp3) is 0.467. The number of nitrogens with zero attached hydrogens (tertiary/aromatic N) is 4. The highest BCUT2D eigenvalue weighted by Gasteiger charge is 2.47. The number of carbonyl (C=O) groups is 2. The molecule has 0 saturated heterocycles. The minimum absolute atomic E-state index is 0.0770. The van der Waals surface area contributed by atoms with E-state index in [1.807, 2.05) is 26.2 Å². The summed E-state index contributed by atoms with van der Waals surface area (Å²) in [5.41, 5.74) is 1.85.